The highest BCUT2D eigenvalue weighted by atomic mass is 16.3. The lowest BCUT2D eigenvalue weighted by Crippen LogP contribution is -2.35. The molecule has 2 nitrogen and oxygen atoms in total. The summed E-state index contributed by atoms with van der Waals surface area (Å²) in [5, 5.41) is 12.7. The lowest BCUT2D eigenvalue weighted by atomic mass is 9.95. The molecule has 2 fully saturated rings. The van der Waals surface area contributed by atoms with Crippen molar-refractivity contribution in [1.29, 1.82) is 0 Å². The molecular formula is C11H21NO. The SMILES string of the molecule is CC(O)CCNC1CC2CCC1C2. The molecule has 2 saturated carbocycles. The van der Waals surface area contributed by atoms with Gasteiger partial charge in [-0.15, -0.1) is 0 Å². The van der Waals surface area contributed by atoms with Crippen molar-refractivity contribution in [1.82, 2.24) is 5.32 Å². The van der Waals surface area contributed by atoms with Gasteiger partial charge in [0, 0.05) is 6.04 Å². The van der Waals surface area contributed by atoms with Gasteiger partial charge in [0.05, 0.1) is 6.10 Å². The Morgan fingerprint density at radius 1 is 1.38 bits per heavy atom. The molecule has 0 aromatic carbocycles. The fourth-order valence-corrected chi connectivity index (χ4v) is 2.97. The van der Waals surface area contributed by atoms with Crippen LogP contribution < -0.4 is 5.32 Å². The van der Waals surface area contributed by atoms with E-state index < -0.39 is 0 Å². The van der Waals surface area contributed by atoms with Crippen LogP contribution in [0.5, 0.6) is 0 Å². The molecule has 2 N–H and O–H groups in total. The molecule has 4 atom stereocenters. The molecule has 0 aromatic rings. The Kier molecular flexibility index (Phi) is 2.89. The molecule has 0 aromatic heterocycles. The smallest absolute Gasteiger partial charge is 0.0524 e. The standard InChI is InChI=1S/C11H21NO/c1-8(13)4-5-12-11-7-9-2-3-10(11)6-9/h8-13H,2-7H2,1H3. The number of hydrogen-bond donors (Lipinski definition) is 2. The van der Waals surface area contributed by atoms with Gasteiger partial charge in [0.2, 0.25) is 0 Å². The second-order valence-electron chi connectivity index (χ2n) is 4.87. The molecule has 2 bridgehead atoms. The molecule has 2 aliphatic carbocycles. The molecule has 2 heteroatoms. The first-order valence-corrected chi connectivity index (χ1v) is 5.67. The molecule has 2 aliphatic rings. The minimum Gasteiger partial charge on any atom is -0.393 e. The van der Waals surface area contributed by atoms with E-state index in [4.69, 9.17) is 5.11 Å². The van der Waals surface area contributed by atoms with Crippen LogP contribution in [0.3, 0.4) is 0 Å². The number of hydrogen-bond acceptors (Lipinski definition) is 2. The van der Waals surface area contributed by atoms with Crippen LogP contribution in [0, 0.1) is 11.8 Å². The van der Waals surface area contributed by atoms with E-state index in [0.717, 1.165) is 30.8 Å². The lowest BCUT2D eigenvalue weighted by molar-refractivity contribution is 0.180. The van der Waals surface area contributed by atoms with Crippen molar-refractivity contribution < 1.29 is 5.11 Å². The Hall–Kier alpha value is -0.0800. The number of rotatable bonds is 4. The molecule has 0 radical (unpaired) electrons. The molecule has 0 amide bonds. The van der Waals surface area contributed by atoms with Crippen molar-refractivity contribution in [3.05, 3.63) is 0 Å². The van der Waals surface area contributed by atoms with Crippen molar-refractivity contribution in [3.63, 3.8) is 0 Å². The van der Waals surface area contributed by atoms with Gasteiger partial charge in [-0.3, -0.25) is 0 Å². The Labute approximate surface area is 80.7 Å². The summed E-state index contributed by atoms with van der Waals surface area (Å²) >= 11 is 0. The molecule has 76 valence electrons. The van der Waals surface area contributed by atoms with Crippen molar-refractivity contribution in [2.75, 3.05) is 6.54 Å². The van der Waals surface area contributed by atoms with Gasteiger partial charge in [0.15, 0.2) is 0 Å². The number of nitrogens with one attached hydrogen (secondary N) is 1. The van der Waals surface area contributed by atoms with Crippen LogP contribution in [0.25, 0.3) is 0 Å². The normalized spacial score (nSPS) is 39.7. The molecule has 0 heterocycles. The summed E-state index contributed by atoms with van der Waals surface area (Å²) in [6.45, 7) is 2.86. The highest BCUT2D eigenvalue weighted by Crippen LogP contribution is 2.44. The van der Waals surface area contributed by atoms with Crippen molar-refractivity contribution in [3.8, 4) is 0 Å². The zero-order chi connectivity index (χ0) is 9.26. The summed E-state index contributed by atoms with van der Waals surface area (Å²) in [5.41, 5.74) is 0. The van der Waals surface area contributed by atoms with Gasteiger partial charge in [0.25, 0.3) is 0 Å². The maximum Gasteiger partial charge on any atom is 0.0524 e. The summed E-state index contributed by atoms with van der Waals surface area (Å²) < 4.78 is 0. The fraction of sp³-hybridized carbons (Fsp3) is 1.00. The topological polar surface area (TPSA) is 32.3 Å². The Morgan fingerprint density at radius 2 is 2.23 bits per heavy atom. The summed E-state index contributed by atoms with van der Waals surface area (Å²) in [6.07, 6.45) is 6.52. The second kappa shape index (κ2) is 3.97. The van der Waals surface area contributed by atoms with Gasteiger partial charge in [0.1, 0.15) is 0 Å². The van der Waals surface area contributed by atoms with Gasteiger partial charge in [-0.25, -0.2) is 0 Å². The highest BCUT2D eigenvalue weighted by molar-refractivity contribution is 4.93. The van der Waals surface area contributed by atoms with E-state index >= 15 is 0 Å². The fourth-order valence-electron chi connectivity index (χ4n) is 2.97. The summed E-state index contributed by atoms with van der Waals surface area (Å²) in [6, 6.07) is 0.775. The minimum absolute atomic E-state index is 0.147. The highest BCUT2D eigenvalue weighted by Gasteiger charge is 2.38. The van der Waals surface area contributed by atoms with Crippen molar-refractivity contribution in [2.24, 2.45) is 11.8 Å². The van der Waals surface area contributed by atoms with Gasteiger partial charge >= 0.3 is 0 Å². The second-order valence-corrected chi connectivity index (χ2v) is 4.87. The lowest BCUT2D eigenvalue weighted by Gasteiger charge is -2.23. The summed E-state index contributed by atoms with van der Waals surface area (Å²) in [5.74, 6) is 1.98. The molecule has 2 rings (SSSR count). The van der Waals surface area contributed by atoms with Crippen LogP contribution in [0.15, 0.2) is 0 Å². The quantitative estimate of drug-likeness (QED) is 0.693. The van der Waals surface area contributed by atoms with Crippen molar-refractivity contribution in [2.45, 2.75) is 51.2 Å². The zero-order valence-corrected chi connectivity index (χ0v) is 8.50. The minimum atomic E-state index is -0.147. The predicted octanol–water partition coefficient (Wildman–Crippen LogP) is 1.54. The maximum absolute atomic E-state index is 9.12. The Balaban J connectivity index is 1.66. The molecule has 4 unspecified atom stereocenters. The first-order chi connectivity index (χ1) is 6.25. The summed E-state index contributed by atoms with van der Waals surface area (Å²) in [4.78, 5) is 0. The van der Waals surface area contributed by atoms with Crippen LogP contribution in [-0.2, 0) is 0 Å². The third kappa shape index (κ3) is 2.23. The zero-order valence-electron chi connectivity index (χ0n) is 8.50. The van der Waals surface area contributed by atoms with E-state index in [9.17, 15) is 0 Å². The van der Waals surface area contributed by atoms with Crippen LogP contribution in [0.4, 0.5) is 0 Å². The molecular weight excluding hydrogens is 162 g/mol. The Morgan fingerprint density at radius 3 is 2.77 bits per heavy atom. The van der Waals surface area contributed by atoms with E-state index in [2.05, 4.69) is 5.32 Å². The molecule has 13 heavy (non-hydrogen) atoms. The Bertz CT molecular complexity index is 169. The van der Waals surface area contributed by atoms with E-state index in [1.54, 1.807) is 0 Å². The van der Waals surface area contributed by atoms with E-state index in [1.807, 2.05) is 6.92 Å². The van der Waals surface area contributed by atoms with Crippen LogP contribution in [0.2, 0.25) is 0 Å². The third-order valence-corrected chi connectivity index (χ3v) is 3.71. The monoisotopic (exact) mass is 183 g/mol. The van der Waals surface area contributed by atoms with Gasteiger partial charge in [-0.2, -0.15) is 0 Å². The summed E-state index contributed by atoms with van der Waals surface area (Å²) in [7, 11) is 0. The number of fused-ring (bicyclic) bond motifs is 2. The first kappa shape index (κ1) is 9.47. The van der Waals surface area contributed by atoms with Crippen LogP contribution in [0.1, 0.15) is 39.0 Å². The largest absolute Gasteiger partial charge is 0.393 e. The molecule has 0 spiro atoms. The van der Waals surface area contributed by atoms with Gasteiger partial charge in [-0.05, 0) is 51.0 Å². The van der Waals surface area contributed by atoms with Gasteiger partial charge < -0.3 is 10.4 Å². The van der Waals surface area contributed by atoms with E-state index in [1.165, 1.54) is 25.7 Å². The third-order valence-electron chi connectivity index (χ3n) is 3.71. The van der Waals surface area contributed by atoms with E-state index in [0.29, 0.717) is 0 Å². The first-order valence-electron chi connectivity index (χ1n) is 5.67. The van der Waals surface area contributed by atoms with Crippen LogP contribution >= 0.6 is 0 Å². The van der Waals surface area contributed by atoms with Crippen LogP contribution in [-0.4, -0.2) is 23.8 Å². The number of aliphatic hydroxyl groups is 1. The average molecular weight is 183 g/mol. The van der Waals surface area contributed by atoms with Gasteiger partial charge in [-0.1, -0.05) is 6.42 Å². The average Bonchev–Trinajstić information content (AvgIpc) is 2.64. The predicted molar refractivity (Wildman–Crippen MR) is 53.5 cm³/mol. The van der Waals surface area contributed by atoms with E-state index in [-0.39, 0.29) is 6.10 Å². The number of aliphatic hydroxyl groups excluding tert-OH is 1. The van der Waals surface area contributed by atoms with Crippen molar-refractivity contribution >= 4 is 0 Å². The maximum atomic E-state index is 9.12. The molecule has 0 saturated heterocycles. The molecule has 0 aliphatic heterocycles.